The van der Waals surface area contributed by atoms with E-state index in [9.17, 15) is 24.6 Å². The van der Waals surface area contributed by atoms with Gasteiger partial charge in [-0.25, -0.2) is 14.3 Å². The number of thiophene rings is 1. The van der Waals surface area contributed by atoms with Crippen LogP contribution in [-0.2, 0) is 29.0 Å². The maximum Gasteiger partial charge on any atom is 0.332 e. The molecule has 0 aliphatic rings. The number of ether oxygens (including phenoxy) is 1. The molecule has 4 rings (SSSR count). The first-order valence-corrected chi connectivity index (χ1v) is 11.6. The van der Waals surface area contributed by atoms with E-state index in [1.807, 2.05) is 24.3 Å². The molecule has 168 valence electrons. The highest BCUT2D eigenvalue weighted by Crippen LogP contribution is 2.33. The average molecular weight is 476 g/mol. The zero-order chi connectivity index (χ0) is 23.0. The minimum absolute atomic E-state index is 0.208. The fourth-order valence-electron chi connectivity index (χ4n) is 3.59. The third-order valence-electron chi connectivity index (χ3n) is 5.06. The molecule has 1 atom stereocenters. The average Bonchev–Trinajstić information content (AvgIpc) is 3.32. The monoisotopic (exact) mass is 475 g/mol. The predicted octanol–water partition coefficient (Wildman–Crippen LogP) is 2.50. The van der Waals surface area contributed by atoms with Gasteiger partial charge in [0.25, 0.3) is 5.56 Å². The van der Waals surface area contributed by atoms with Gasteiger partial charge in [-0.1, -0.05) is 12.1 Å². The summed E-state index contributed by atoms with van der Waals surface area (Å²) in [6.07, 6.45) is -0.808. The number of aryl methyl sites for hydroxylation is 3. The number of thiazole rings is 1. The van der Waals surface area contributed by atoms with Crippen molar-refractivity contribution in [2.24, 2.45) is 0 Å². The number of carbonyl (C=O) groups is 1. The van der Waals surface area contributed by atoms with Crippen molar-refractivity contribution in [2.45, 2.75) is 39.6 Å². The molecule has 0 aliphatic heterocycles. The molecule has 0 spiro atoms. The zero-order valence-corrected chi connectivity index (χ0v) is 19.0. The summed E-state index contributed by atoms with van der Waals surface area (Å²) in [6.45, 7) is 3.12. The SMILES string of the molecule is CCOC(O)c1sc2c(c1C)c(=O)n(CC(=O)O)c(=O)n2CCc1nc2ccccc2s1. The quantitative estimate of drug-likeness (QED) is 0.375. The number of benzene rings is 1. The lowest BCUT2D eigenvalue weighted by molar-refractivity contribution is -0.137. The number of carboxylic acid groups (broad SMARTS) is 1. The number of aliphatic carboxylic acids is 1. The molecule has 9 nitrogen and oxygen atoms in total. The van der Waals surface area contributed by atoms with Gasteiger partial charge < -0.3 is 14.9 Å². The van der Waals surface area contributed by atoms with Crippen LogP contribution in [-0.4, -0.2) is 36.9 Å². The minimum Gasteiger partial charge on any atom is -0.480 e. The maximum atomic E-state index is 13.1. The molecule has 0 saturated heterocycles. The van der Waals surface area contributed by atoms with Crippen LogP contribution in [0.1, 0.15) is 28.7 Å². The first kappa shape index (κ1) is 22.3. The summed E-state index contributed by atoms with van der Waals surface area (Å²) in [6, 6.07) is 7.72. The van der Waals surface area contributed by atoms with E-state index in [4.69, 9.17) is 4.74 Å². The number of fused-ring (bicyclic) bond motifs is 2. The van der Waals surface area contributed by atoms with Gasteiger partial charge in [-0.2, -0.15) is 0 Å². The molecule has 0 bridgehead atoms. The van der Waals surface area contributed by atoms with Gasteiger partial charge in [-0.3, -0.25) is 14.2 Å². The smallest absolute Gasteiger partial charge is 0.332 e. The molecule has 4 aromatic rings. The predicted molar refractivity (Wildman–Crippen MR) is 123 cm³/mol. The molecule has 1 aromatic carbocycles. The van der Waals surface area contributed by atoms with Crippen LogP contribution in [0.2, 0.25) is 0 Å². The summed E-state index contributed by atoms with van der Waals surface area (Å²) in [5.41, 5.74) is -0.0456. The number of aliphatic hydroxyl groups excluding tert-OH is 1. The molecule has 11 heteroatoms. The number of para-hydroxylation sites is 1. The Labute approximate surface area is 189 Å². The van der Waals surface area contributed by atoms with E-state index < -0.39 is 30.1 Å². The van der Waals surface area contributed by atoms with Crippen LogP contribution >= 0.6 is 22.7 Å². The van der Waals surface area contributed by atoms with Crippen LogP contribution in [0.15, 0.2) is 33.9 Å². The molecule has 3 aromatic heterocycles. The van der Waals surface area contributed by atoms with Crippen LogP contribution in [0, 0.1) is 6.92 Å². The number of aromatic nitrogens is 3. The van der Waals surface area contributed by atoms with Crippen molar-refractivity contribution in [1.82, 2.24) is 14.1 Å². The third kappa shape index (κ3) is 3.99. The molecule has 32 heavy (non-hydrogen) atoms. The van der Waals surface area contributed by atoms with Crippen LogP contribution in [0.3, 0.4) is 0 Å². The zero-order valence-electron chi connectivity index (χ0n) is 17.4. The van der Waals surface area contributed by atoms with Crippen LogP contribution < -0.4 is 11.2 Å². The fourth-order valence-corrected chi connectivity index (χ4v) is 5.80. The normalized spacial score (nSPS) is 12.6. The lowest BCUT2D eigenvalue weighted by Gasteiger charge is -2.10. The second-order valence-electron chi connectivity index (χ2n) is 7.12. The van der Waals surface area contributed by atoms with Gasteiger partial charge in [0.05, 0.1) is 25.5 Å². The van der Waals surface area contributed by atoms with Crippen LogP contribution in [0.4, 0.5) is 0 Å². The molecule has 0 amide bonds. The lowest BCUT2D eigenvalue weighted by atomic mass is 10.2. The Morgan fingerprint density at radius 2 is 1.97 bits per heavy atom. The number of aliphatic hydroxyl groups is 1. The molecule has 0 saturated carbocycles. The Bertz CT molecular complexity index is 1400. The first-order valence-electron chi connectivity index (χ1n) is 9.94. The van der Waals surface area contributed by atoms with Crippen molar-refractivity contribution < 1.29 is 19.7 Å². The summed E-state index contributed by atoms with van der Waals surface area (Å²) < 4.78 is 8.42. The number of rotatable bonds is 8. The maximum absolute atomic E-state index is 13.1. The number of nitrogens with zero attached hydrogens (tertiary/aromatic N) is 3. The summed E-state index contributed by atoms with van der Waals surface area (Å²) in [5, 5.41) is 20.6. The number of hydrogen-bond donors (Lipinski definition) is 2. The van der Waals surface area contributed by atoms with Gasteiger partial charge in [0.1, 0.15) is 11.4 Å². The molecule has 0 radical (unpaired) electrons. The van der Waals surface area contributed by atoms with E-state index in [0.717, 1.165) is 31.1 Å². The Morgan fingerprint density at radius 3 is 2.66 bits per heavy atom. The highest BCUT2D eigenvalue weighted by Gasteiger charge is 2.24. The van der Waals surface area contributed by atoms with E-state index in [-0.39, 0.29) is 18.5 Å². The van der Waals surface area contributed by atoms with Crippen molar-refractivity contribution in [1.29, 1.82) is 0 Å². The molecular formula is C21H21N3O6S2. The molecule has 0 fully saturated rings. The minimum atomic E-state index is -1.29. The van der Waals surface area contributed by atoms with Crippen molar-refractivity contribution in [2.75, 3.05) is 6.61 Å². The number of carboxylic acids is 1. The van der Waals surface area contributed by atoms with Gasteiger partial charge in [0.15, 0.2) is 6.29 Å². The molecular weight excluding hydrogens is 454 g/mol. The van der Waals surface area contributed by atoms with Crippen LogP contribution in [0.5, 0.6) is 0 Å². The first-order chi connectivity index (χ1) is 15.3. The largest absolute Gasteiger partial charge is 0.480 e. The van der Waals surface area contributed by atoms with Gasteiger partial charge in [-0.05, 0) is 31.5 Å². The molecule has 3 heterocycles. The Balaban J connectivity index is 1.84. The van der Waals surface area contributed by atoms with E-state index in [1.54, 1.807) is 13.8 Å². The summed E-state index contributed by atoms with van der Waals surface area (Å²) in [4.78, 5) is 42.8. The van der Waals surface area contributed by atoms with E-state index in [2.05, 4.69) is 4.98 Å². The Kier molecular flexibility index (Phi) is 6.24. The highest BCUT2D eigenvalue weighted by molar-refractivity contribution is 7.19. The molecule has 2 N–H and O–H groups in total. The van der Waals surface area contributed by atoms with Crippen molar-refractivity contribution in [3.8, 4) is 0 Å². The fraction of sp³-hybridized carbons (Fsp3) is 0.333. The standard InChI is InChI=1S/C21H21N3O6S2/c1-3-30-20(28)17-11(2)16-18(27)24(10-15(25)26)21(29)23(19(16)32-17)9-8-14-22-12-6-4-5-7-13(12)31-14/h4-7,20,28H,3,8-10H2,1-2H3,(H,25,26). The van der Waals surface area contributed by atoms with E-state index in [0.29, 0.717) is 21.7 Å². The van der Waals surface area contributed by atoms with Crippen molar-refractivity contribution in [3.63, 3.8) is 0 Å². The Hall–Kier alpha value is -2.86. The van der Waals surface area contributed by atoms with Gasteiger partial charge in [0, 0.05) is 19.6 Å². The van der Waals surface area contributed by atoms with Gasteiger partial charge >= 0.3 is 11.7 Å². The van der Waals surface area contributed by atoms with E-state index in [1.165, 1.54) is 15.9 Å². The Morgan fingerprint density at radius 1 is 1.22 bits per heavy atom. The third-order valence-corrected chi connectivity index (χ3v) is 7.50. The van der Waals surface area contributed by atoms with Gasteiger partial charge in [-0.15, -0.1) is 22.7 Å². The van der Waals surface area contributed by atoms with Gasteiger partial charge in [0.2, 0.25) is 0 Å². The highest BCUT2D eigenvalue weighted by atomic mass is 32.1. The summed E-state index contributed by atoms with van der Waals surface area (Å²) in [7, 11) is 0. The summed E-state index contributed by atoms with van der Waals surface area (Å²) in [5.74, 6) is -1.29. The number of hydrogen-bond acceptors (Lipinski definition) is 8. The molecule has 0 aliphatic carbocycles. The summed E-state index contributed by atoms with van der Waals surface area (Å²) >= 11 is 2.62. The van der Waals surface area contributed by atoms with E-state index >= 15 is 0 Å². The lowest BCUT2D eigenvalue weighted by Crippen LogP contribution is -2.41. The topological polar surface area (TPSA) is 124 Å². The van der Waals surface area contributed by atoms with Crippen molar-refractivity contribution >= 4 is 49.1 Å². The second kappa shape index (κ2) is 8.94. The van der Waals surface area contributed by atoms with Crippen LogP contribution in [0.25, 0.3) is 20.4 Å². The van der Waals surface area contributed by atoms with Crippen molar-refractivity contribution in [3.05, 3.63) is 60.6 Å². The second-order valence-corrected chi connectivity index (χ2v) is 9.27. The molecule has 1 unspecified atom stereocenters.